The Balaban J connectivity index is 3.04. The van der Waals surface area contributed by atoms with Crippen LogP contribution in [-0.4, -0.2) is 36.2 Å². The molecule has 0 radical (unpaired) electrons. The molecular formula is C17H22O6. The van der Waals surface area contributed by atoms with Crippen LogP contribution in [0, 0.1) is 0 Å². The van der Waals surface area contributed by atoms with E-state index in [4.69, 9.17) is 9.47 Å². The molecule has 1 aromatic rings. The number of hydrogen-bond acceptors (Lipinski definition) is 5. The zero-order valence-corrected chi connectivity index (χ0v) is 13.5. The highest BCUT2D eigenvalue weighted by molar-refractivity contribution is 6.09. The van der Waals surface area contributed by atoms with Gasteiger partial charge >= 0.3 is 17.9 Å². The number of aromatic carboxylic acids is 1. The number of carbonyl (C=O) groups excluding carboxylic acids is 2. The third-order valence-electron chi connectivity index (χ3n) is 3.18. The molecule has 0 aliphatic carbocycles. The van der Waals surface area contributed by atoms with Crippen LogP contribution in [0.5, 0.6) is 0 Å². The monoisotopic (exact) mass is 322 g/mol. The van der Waals surface area contributed by atoms with Crippen LogP contribution in [0.25, 0.3) is 0 Å². The quantitative estimate of drug-likeness (QED) is 0.554. The van der Waals surface area contributed by atoms with Gasteiger partial charge < -0.3 is 14.6 Å². The third-order valence-corrected chi connectivity index (χ3v) is 3.18. The van der Waals surface area contributed by atoms with Gasteiger partial charge in [0, 0.05) is 0 Å². The van der Waals surface area contributed by atoms with Crippen LogP contribution in [-0.2, 0) is 9.47 Å². The van der Waals surface area contributed by atoms with E-state index in [0.717, 1.165) is 12.8 Å². The fourth-order valence-corrected chi connectivity index (χ4v) is 1.90. The topological polar surface area (TPSA) is 89.9 Å². The fourth-order valence-electron chi connectivity index (χ4n) is 1.90. The Bertz CT molecular complexity index is 524. The predicted molar refractivity (Wildman–Crippen MR) is 83.8 cm³/mol. The maximum Gasteiger partial charge on any atom is 0.339 e. The van der Waals surface area contributed by atoms with Crippen LogP contribution in [0.3, 0.4) is 0 Å². The number of carbonyl (C=O) groups is 3. The standard InChI is InChI=1S/C17H22O6/c1-3-5-10-22-16(20)12-8-7-9-13(14(12)15(18)19)17(21)23-11-6-4-2/h7-9H,3-6,10-11H2,1-2H3,(H,18,19). The van der Waals surface area contributed by atoms with Gasteiger partial charge in [-0.3, -0.25) is 0 Å². The first-order valence-electron chi connectivity index (χ1n) is 7.73. The number of unbranched alkanes of at least 4 members (excludes halogenated alkanes) is 2. The van der Waals surface area contributed by atoms with E-state index in [1.165, 1.54) is 18.2 Å². The molecule has 0 saturated carbocycles. The molecule has 0 unspecified atom stereocenters. The molecule has 1 aromatic carbocycles. The molecule has 0 spiro atoms. The van der Waals surface area contributed by atoms with Crippen LogP contribution < -0.4 is 0 Å². The van der Waals surface area contributed by atoms with Gasteiger partial charge in [0.25, 0.3) is 0 Å². The Labute approximate surface area is 135 Å². The Morgan fingerprint density at radius 2 is 1.35 bits per heavy atom. The van der Waals surface area contributed by atoms with E-state index >= 15 is 0 Å². The summed E-state index contributed by atoms with van der Waals surface area (Å²) in [5, 5.41) is 9.37. The van der Waals surface area contributed by atoms with Gasteiger partial charge in [-0.05, 0) is 25.0 Å². The predicted octanol–water partition coefficient (Wildman–Crippen LogP) is 3.30. The number of carboxylic acid groups (broad SMARTS) is 1. The smallest absolute Gasteiger partial charge is 0.339 e. The van der Waals surface area contributed by atoms with Crippen molar-refractivity contribution in [2.24, 2.45) is 0 Å². The van der Waals surface area contributed by atoms with Crippen molar-refractivity contribution in [2.75, 3.05) is 13.2 Å². The maximum absolute atomic E-state index is 12.0. The molecule has 0 atom stereocenters. The van der Waals surface area contributed by atoms with Gasteiger partial charge in [0.2, 0.25) is 0 Å². The lowest BCUT2D eigenvalue weighted by Gasteiger charge is -2.11. The highest BCUT2D eigenvalue weighted by atomic mass is 16.5. The summed E-state index contributed by atoms with van der Waals surface area (Å²) >= 11 is 0. The zero-order chi connectivity index (χ0) is 17.2. The van der Waals surface area contributed by atoms with Crippen molar-refractivity contribution in [3.63, 3.8) is 0 Å². The molecule has 0 saturated heterocycles. The van der Waals surface area contributed by atoms with Crippen molar-refractivity contribution in [3.8, 4) is 0 Å². The van der Waals surface area contributed by atoms with Gasteiger partial charge in [-0.1, -0.05) is 32.8 Å². The number of ether oxygens (including phenoxy) is 2. The van der Waals surface area contributed by atoms with Crippen molar-refractivity contribution in [1.29, 1.82) is 0 Å². The van der Waals surface area contributed by atoms with Crippen molar-refractivity contribution >= 4 is 17.9 Å². The Hall–Kier alpha value is -2.37. The molecule has 0 aliphatic rings. The molecule has 6 nitrogen and oxygen atoms in total. The van der Waals surface area contributed by atoms with Crippen molar-refractivity contribution in [1.82, 2.24) is 0 Å². The normalized spacial score (nSPS) is 10.2. The van der Waals surface area contributed by atoms with E-state index in [1.807, 2.05) is 13.8 Å². The van der Waals surface area contributed by atoms with Gasteiger partial charge in [0.1, 0.15) is 0 Å². The van der Waals surface area contributed by atoms with Gasteiger partial charge in [0.05, 0.1) is 29.9 Å². The minimum atomic E-state index is -1.37. The second kappa shape index (κ2) is 9.61. The van der Waals surface area contributed by atoms with Gasteiger partial charge in [0.15, 0.2) is 0 Å². The lowest BCUT2D eigenvalue weighted by molar-refractivity contribution is 0.0478. The van der Waals surface area contributed by atoms with Gasteiger partial charge in [-0.15, -0.1) is 0 Å². The summed E-state index contributed by atoms with van der Waals surface area (Å²) < 4.78 is 10.1. The Morgan fingerprint density at radius 1 is 0.913 bits per heavy atom. The number of carboxylic acids is 1. The Kier molecular flexibility index (Phi) is 7.80. The summed E-state index contributed by atoms with van der Waals surface area (Å²) in [7, 11) is 0. The number of hydrogen-bond donors (Lipinski definition) is 1. The van der Waals surface area contributed by atoms with Crippen LogP contribution in [0.4, 0.5) is 0 Å². The second-order valence-electron chi connectivity index (χ2n) is 5.01. The van der Waals surface area contributed by atoms with E-state index in [2.05, 4.69) is 0 Å². The lowest BCUT2D eigenvalue weighted by Crippen LogP contribution is -2.18. The maximum atomic E-state index is 12.0. The summed E-state index contributed by atoms with van der Waals surface area (Å²) in [6, 6.07) is 4.11. The van der Waals surface area contributed by atoms with Crippen LogP contribution in [0.15, 0.2) is 18.2 Å². The number of rotatable bonds is 9. The minimum Gasteiger partial charge on any atom is -0.478 e. The molecule has 126 valence electrons. The summed E-state index contributed by atoms with van der Waals surface area (Å²) in [6.45, 7) is 4.31. The molecule has 6 heteroatoms. The Morgan fingerprint density at radius 3 is 1.70 bits per heavy atom. The van der Waals surface area contributed by atoms with E-state index < -0.39 is 17.9 Å². The molecule has 1 N–H and O–H groups in total. The number of esters is 2. The molecule has 0 amide bonds. The minimum absolute atomic E-state index is 0.140. The highest BCUT2D eigenvalue weighted by Crippen LogP contribution is 2.18. The molecule has 0 aliphatic heterocycles. The molecule has 1 rings (SSSR count). The summed E-state index contributed by atoms with van der Waals surface area (Å²) in [5.74, 6) is -2.87. The molecule has 0 aromatic heterocycles. The second-order valence-corrected chi connectivity index (χ2v) is 5.01. The number of benzene rings is 1. The zero-order valence-electron chi connectivity index (χ0n) is 13.5. The van der Waals surface area contributed by atoms with Crippen molar-refractivity contribution in [3.05, 3.63) is 34.9 Å². The largest absolute Gasteiger partial charge is 0.478 e. The summed E-state index contributed by atoms with van der Waals surface area (Å²) in [4.78, 5) is 35.6. The van der Waals surface area contributed by atoms with Crippen LogP contribution in [0.2, 0.25) is 0 Å². The lowest BCUT2D eigenvalue weighted by atomic mass is 10.0. The molecule has 0 fully saturated rings. The highest BCUT2D eigenvalue weighted by Gasteiger charge is 2.25. The average molecular weight is 322 g/mol. The van der Waals surface area contributed by atoms with Crippen LogP contribution in [0.1, 0.15) is 70.6 Å². The first-order chi connectivity index (χ1) is 11.0. The molecular weight excluding hydrogens is 300 g/mol. The van der Waals surface area contributed by atoms with E-state index in [-0.39, 0.29) is 29.9 Å². The third kappa shape index (κ3) is 5.39. The van der Waals surface area contributed by atoms with Crippen molar-refractivity contribution < 1.29 is 29.0 Å². The fraction of sp³-hybridized carbons (Fsp3) is 0.471. The molecule has 0 bridgehead atoms. The first kappa shape index (κ1) is 18.7. The van der Waals surface area contributed by atoms with E-state index in [1.54, 1.807) is 0 Å². The summed E-state index contributed by atoms with van der Waals surface area (Å²) in [5.41, 5.74) is -0.660. The van der Waals surface area contributed by atoms with Crippen molar-refractivity contribution in [2.45, 2.75) is 39.5 Å². The van der Waals surface area contributed by atoms with Gasteiger partial charge in [-0.2, -0.15) is 0 Å². The van der Waals surface area contributed by atoms with Crippen LogP contribution >= 0.6 is 0 Å². The van der Waals surface area contributed by atoms with Gasteiger partial charge in [-0.25, -0.2) is 14.4 Å². The summed E-state index contributed by atoms with van der Waals surface area (Å²) in [6.07, 6.45) is 3.07. The molecule has 0 heterocycles. The first-order valence-corrected chi connectivity index (χ1v) is 7.73. The van der Waals surface area contributed by atoms with E-state index in [9.17, 15) is 19.5 Å². The SMILES string of the molecule is CCCCOC(=O)c1cccc(C(=O)OCCCC)c1C(=O)O. The van der Waals surface area contributed by atoms with E-state index in [0.29, 0.717) is 12.8 Å². The molecule has 23 heavy (non-hydrogen) atoms. The average Bonchev–Trinajstić information content (AvgIpc) is 2.54.